The van der Waals surface area contributed by atoms with Crippen LogP contribution < -0.4 is 15.5 Å². The van der Waals surface area contributed by atoms with Crippen LogP contribution in [0.15, 0.2) is 78.9 Å². The summed E-state index contributed by atoms with van der Waals surface area (Å²) in [6, 6.07) is 23.3. The fourth-order valence-electron chi connectivity index (χ4n) is 3.61. The van der Waals surface area contributed by atoms with Gasteiger partial charge in [-0.1, -0.05) is 48.0 Å². The van der Waals surface area contributed by atoms with Crippen LogP contribution in [0.3, 0.4) is 0 Å². The third kappa shape index (κ3) is 4.48. The van der Waals surface area contributed by atoms with Crippen LogP contribution in [-0.4, -0.2) is 35.9 Å². The van der Waals surface area contributed by atoms with Crippen molar-refractivity contribution in [1.29, 1.82) is 0 Å². The van der Waals surface area contributed by atoms with E-state index < -0.39 is 12.1 Å². The first-order chi connectivity index (χ1) is 15.0. The summed E-state index contributed by atoms with van der Waals surface area (Å²) in [6.45, 7) is 2.01. The number of amides is 2. The second-order valence-electron chi connectivity index (χ2n) is 7.46. The van der Waals surface area contributed by atoms with Crippen molar-refractivity contribution in [3.8, 4) is 5.75 Å². The lowest BCUT2D eigenvalue weighted by Crippen LogP contribution is -2.42. The molecule has 1 aliphatic rings. The lowest BCUT2D eigenvalue weighted by Gasteiger charge is -2.15. The normalized spacial score (nSPS) is 19.2. The predicted molar refractivity (Wildman–Crippen MR) is 118 cm³/mol. The Morgan fingerprint density at radius 3 is 2.32 bits per heavy atom. The van der Waals surface area contributed by atoms with Crippen LogP contribution in [0.2, 0.25) is 0 Å². The van der Waals surface area contributed by atoms with E-state index in [0.717, 1.165) is 22.4 Å². The molecule has 0 saturated carbocycles. The van der Waals surface area contributed by atoms with Gasteiger partial charge >= 0.3 is 5.91 Å². The van der Waals surface area contributed by atoms with Gasteiger partial charge in [-0.2, -0.15) is 0 Å². The Balaban J connectivity index is 1.69. The van der Waals surface area contributed by atoms with Crippen molar-refractivity contribution >= 4 is 18.0 Å². The van der Waals surface area contributed by atoms with Crippen LogP contribution in [0.1, 0.15) is 33.1 Å². The Bertz CT molecular complexity index is 1110. The highest BCUT2D eigenvalue weighted by Crippen LogP contribution is 2.26. The van der Waals surface area contributed by atoms with E-state index in [-0.39, 0.29) is 11.8 Å². The molecule has 1 aliphatic heterocycles. The van der Waals surface area contributed by atoms with Crippen molar-refractivity contribution in [2.75, 3.05) is 7.11 Å². The van der Waals surface area contributed by atoms with E-state index in [1.54, 1.807) is 36.1 Å². The lowest BCUT2D eigenvalue weighted by molar-refractivity contribution is -0.596. The second-order valence-corrected chi connectivity index (χ2v) is 7.46. The molecule has 3 aromatic carbocycles. The van der Waals surface area contributed by atoms with Crippen molar-refractivity contribution < 1.29 is 19.0 Å². The first kappa shape index (κ1) is 20.3. The van der Waals surface area contributed by atoms with Gasteiger partial charge in [0, 0.05) is 16.7 Å². The molecule has 6 nitrogen and oxygen atoms in total. The fourth-order valence-corrected chi connectivity index (χ4v) is 3.61. The zero-order chi connectivity index (χ0) is 21.8. The van der Waals surface area contributed by atoms with Crippen molar-refractivity contribution in [2.24, 2.45) is 0 Å². The summed E-state index contributed by atoms with van der Waals surface area (Å²) in [5, 5.41) is 2.91. The zero-order valence-electron chi connectivity index (χ0n) is 17.4. The van der Waals surface area contributed by atoms with Gasteiger partial charge in [-0.15, -0.1) is 10.1 Å². The molecule has 3 aromatic rings. The summed E-state index contributed by atoms with van der Waals surface area (Å²) < 4.78 is 6.97. The molecule has 0 bridgehead atoms. The lowest BCUT2D eigenvalue weighted by atomic mass is 9.98. The maximum absolute atomic E-state index is 12.9. The number of carbonyl (C=O) groups excluding carboxylic acids is 2. The molecule has 2 N–H and O–H groups in total. The summed E-state index contributed by atoms with van der Waals surface area (Å²) in [4.78, 5) is 25.7. The predicted octanol–water partition coefficient (Wildman–Crippen LogP) is 3.02. The molecule has 4 rings (SSSR count). The topological polar surface area (TPSA) is 70.4 Å². The molecular weight excluding hydrogens is 390 g/mol. The third-order valence-corrected chi connectivity index (χ3v) is 5.28. The number of hydrazone groups is 1. The number of benzene rings is 3. The van der Waals surface area contributed by atoms with Crippen molar-refractivity contribution in [1.82, 2.24) is 10.7 Å². The average Bonchev–Trinajstić information content (AvgIpc) is 3.10. The highest BCUT2D eigenvalue weighted by molar-refractivity contribution is 5.98. The molecule has 0 radical (unpaired) electrons. The van der Waals surface area contributed by atoms with E-state index in [1.165, 1.54) is 0 Å². The molecule has 0 unspecified atom stereocenters. The number of hydrazine groups is 1. The number of carbonyl (C=O) groups is 2. The number of hydrogen-bond acceptors (Lipinski definition) is 3. The Kier molecular flexibility index (Phi) is 5.80. The number of methoxy groups -OCH3 is 1. The van der Waals surface area contributed by atoms with Gasteiger partial charge in [-0.3, -0.25) is 9.59 Å². The van der Waals surface area contributed by atoms with Crippen LogP contribution in [0.25, 0.3) is 0 Å². The quantitative estimate of drug-likeness (QED) is 0.631. The van der Waals surface area contributed by atoms with Gasteiger partial charge in [0.25, 0.3) is 5.91 Å². The van der Waals surface area contributed by atoms with E-state index in [0.29, 0.717) is 5.56 Å². The number of nitrogens with one attached hydrogen (secondary N) is 2. The minimum absolute atomic E-state index is 0.264. The average molecular weight is 414 g/mol. The Morgan fingerprint density at radius 1 is 1.00 bits per heavy atom. The summed E-state index contributed by atoms with van der Waals surface area (Å²) in [7, 11) is 1.62. The van der Waals surface area contributed by atoms with Gasteiger partial charge in [-0.25, -0.2) is 0 Å². The number of nitrogens with zero attached hydrogens (tertiary/aromatic N) is 1. The summed E-state index contributed by atoms with van der Waals surface area (Å²) in [5.74, 6) is 0.203. The van der Waals surface area contributed by atoms with Gasteiger partial charge in [0.15, 0.2) is 6.04 Å². The molecular formula is C25H24N3O3+. The Hall–Kier alpha value is -3.93. The molecule has 1 saturated heterocycles. The molecule has 2 atom stereocenters. The monoisotopic (exact) mass is 414 g/mol. The first-order valence-electron chi connectivity index (χ1n) is 10.1. The molecule has 2 amide bonds. The minimum Gasteiger partial charge on any atom is -0.497 e. The van der Waals surface area contributed by atoms with Crippen LogP contribution in [0, 0.1) is 6.92 Å². The Labute approximate surface area is 181 Å². The number of hydrogen-bond donors (Lipinski definition) is 2. The SMILES string of the molecule is COc1ccc(/C=[N+]2\NC(=O)[C@H](NC(=O)c3ccccc3)[C@H]2c2ccc(C)cc2)cc1. The van der Waals surface area contributed by atoms with Crippen LogP contribution in [0.5, 0.6) is 5.75 Å². The molecule has 0 aromatic heterocycles. The fraction of sp³-hybridized carbons (Fsp3) is 0.160. The van der Waals surface area contributed by atoms with E-state index in [9.17, 15) is 9.59 Å². The molecule has 31 heavy (non-hydrogen) atoms. The van der Waals surface area contributed by atoms with Gasteiger partial charge in [0.2, 0.25) is 12.3 Å². The minimum atomic E-state index is -0.745. The summed E-state index contributed by atoms with van der Waals surface area (Å²) >= 11 is 0. The molecule has 0 aliphatic carbocycles. The Morgan fingerprint density at radius 2 is 1.68 bits per heavy atom. The van der Waals surface area contributed by atoms with Gasteiger partial charge < -0.3 is 10.1 Å². The van der Waals surface area contributed by atoms with Crippen LogP contribution in [0.4, 0.5) is 0 Å². The van der Waals surface area contributed by atoms with E-state index >= 15 is 0 Å². The smallest absolute Gasteiger partial charge is 0.304 e. The molecule has 156 valence electrons. The second kappa shape index (κ2) is 8.83. The van der Waals surface area contributed by atoms with Crippen LogP contribution in [-0.2, 0) is 4.79 Å². The highest BCUT2D eigenvalue weighted by atomic mass is 16.5. The number of ether oxygens (including phenoxy) is 1. The molecule has 1 fully saturated rings. The zero-order valence-corrected chi connectivity index (χ0v) is 17.4. The first-order valence-corrected chi connectivity index (χ1v) is 10.1. The van der Waals surface area contributed by atoms with Gasteiger partial charge in [0.1, 0.15) is 5.75 Å². The standard InChI is InChI=1S/C25H23N3O3/c1-17-8-12-19(13-9-17)23-22(26-24(29)20-6-4-3-5-7-20)25(30)27-28(23)16-18-10-14-21(31-2)15-11-18/h3-16,22-23H,1-2H3,(H-,26,27,29,30)/p+1/b28-16-/t22-,23-/m1/s1. The summed E-state index contributed by atoms with van der Waals surface area (Å²) in [5.41, 5.74) is 6.35. The van der Waals surface area contributed by atoms with E-state index in [1.807, 2.05) is 67.7 Å². The van der Waals surface area contributed by atoms with Gasteiger partial charge in [-0.05, 0) is 43.3 Å². The van der Waals surface area contributed by atoms with E-state index in [4.69, 9.17) is 4.74 Å². The highest BCUT2D eigenvalue weighted by Gasteiger charge is 2.47. The van der Waals surface area contributed by atoms with Crippen molar-refractivity contribution in [3.05, 3.63) is 101 Å². The number of aryl methyl sites for hydroxylation is 1. The number of rotatable bonds is 5. The van der Waals surface area contributed by atoms with Crippen LogP contribution >= 0.6 is 0 Å². The third-order valence-electron chi connectivity index (χ3n) is 5.28. The van der Waals surface area contributed by atoms with E-state index in [2.05, 4.69) is 10.7 Å². The molecule has 6 heteroatoms. The van der Waals surface area contributed by atoms with Crippen molar-refractivity contribution in [3.63, 3.8) is 0 Å². The maximum atomic E-state index is 12.9. The molecule has 0 spiro atoms. The summed E-state index contributed by atoms with van der Waals surface area (Å²) in [6.07, 6.45) is 1.86. The van der Waals surface area contributed by atoms with Crippen molar-refractivity contribution in [2.45, 2.75) is 19.0 Å². The molecule has 1 heterocycles. The maximum Gasteiger partial charge on any atom is 0.304 e. The largest absolute Gasteiger partial charge is 0.497 e. The van der Waals surface area contributed by atoms with Gasteiger partial charge in [0.05, 0.1) is 7.11 Å².